The van der Waals surface area contributed by atoms with Crippen LogP contribution in [0.4, 0.5) is 5.69 Å². The largest absolute Gasteiger partial charge is 0.496 e. The van der Waals surface area contributed by atoms with Gasteiger partial charge in [0.1, 0.15) is 17.5 Å². The molecule has 9 rings (SSSR count). The van der Waals surface area contributed by atoms with Gasteiger partial charge < -0.3 is 28.6 Å². The van der Waals surface area contributed by atoms with E-state index in [0.717, 1.165) is 115 Å². The SMILES string of the molecule is COc1cc(-c2cn(C)c(=O)c3cnc(C4COC4)cc23)cc(OC)c1CN1CCN(CCC2CCN(c3ccc4c(c3)C(=O)N(C3CCC(=O)NC3=O)C4=O)CC2)CC1. The number of pyridine rings is 2. The van der Waals surface area contributed by atoms with Crippen LogP contribution in [0, 0.1) is 5.92 Å². The van der Waals surface area contributed by atoms with Crippen molar-refractivity contribution < 1.29 is 33.4 Å². The van der Waals surface area contributed by atoms with Gasteiger partial charge in [0.25, 0.3) is 17.4 Å². The first-order valence-electron chi connectivity index (χ1n) is 21.0. The Bertz CT molecular complexity index is 2410. The molecule has 4 fully saturated rings. The van der Waals surface area contributed by atoms with Gasteiger partial charge in [-0.15, -0.1) is 0 Å². The Balaban J connectivity index is 0.787. The van der Waals surface area contributed by atoms with Crippen LogP contribution in [0.5, 0.6) is 11.5 Å². The summed E-state index contributed by atoms with van der Waals surface area (Å²) in [7, 11) is 5.14. The molecule has 4 aromatic rings. The van der Waals surface area contributed by atoms with Crippen molar-refractivity contribution >= 4 is 40.1 Å². The van der Waals surface area contributed by atoms with Gasteiger partial charge in [0, 0.05) is 94.5 Å². The van der Waals surface area contributed by atoms with E-state index in [1.807, 2.05) is 30.5 Å². The Morgan fingerprint density at radius 1 is 0.800 bits per heavy atom. The van der Waals surface area contributed by atoms with E-state index in [2.05, 4.69) is 25.0 Å². The maximum atomic E-state index is 13.4. The van der Waals surface area contributed by atoms with E-state index in [1.165, 1.54) is 0 Å². The number of amides is 4. The molecule has 7 heterocycles. The third kappa shape index (κ3) is 7.43. The van der Waals surface area contributed by atoms with Gasteiger partial charge in [0.2, 0.25) is 11.8 Å². The van der Waals surface area contributed by atoms with Crippen LogP contribution >= 0.6 is 0 Å². The first-order chi connectivity index (χ1) is 29.1. The van der Waals surface area contributed by atoms with Gasteiger partial charge in [-0.1, -0.05) is 0 Å². The number of fused-ring (bicyclic) bond motifs is 2. The number of rotatable bonds is 11. The lowest BCUT2D eigenvalue weighted by atomic mass is 9.92. The molecule has 4 saturated heterocycles. The molecular formula is C45H51N7O8. The number of methoxy groups -OCH3 is 2. The van der Waals surface area contributed by atoms with Gasteiger partial charge in [-0.3, -0.25) is 44.1 Å². The highest BCUT2D eigenvalue weighted by molar-refractivity contribution is 6.23. The van der Waals surface area contributed by atoms with Crippen LogP contribution in [0.3, 0.4) is 0 Å². The second-order valence-corrected chi connectivity index (χ2v) is 16.7. The number of ether oxygens (including phenoxy) is 3. The third-order valence-corrected chi connectivity index (χ3v) is 13.2. The maximum Gasteiger partial charge on any atom is 0.262 e. The van der Waals surface area contributed by atoms with E-state index in [4.69, 9.17) is 14.2 Å². The molecule has 1 N–H and O–H groups in total. The minimum absolute atomic E-state index is 0.0903. The predicted octanol–water partition coefficient (Wildman–Crippen LogP) is 3.56. The summed E-state index contributed by atoms with van der Waals surface area (Å²) in [6.07, 6.45) is 7.02. The molecule has 0 spiro atoms. The lowest BCUT2D eigenvalue weighted by Crippen LogP contribution is -2.54. The molecule has 4 amide bonds. The molecule has 0 bridgehead atoms. The summed E-state index contributed by atoms with van der Waals surface area (Å²) >= 11 is 0. The molecule has 15 heteroatoms. The van der Waals surface area contributed by atoms with Crippen LogP contribution < -0.4 is 25.2 Å². The number of hydrogen-bond acceptors (Lipinski definition) is 12. The molecule has 0 saturated carbocycles. The Morgan fingerprint density at radius 2 is 1.50 bits per heavy atom. The number of hydrogen-bond donors (Lipinski definition) is 1. The van der Waals surface area contributed by atoms with Crippen LogP contribution in [0.2, 0.25) is 0 Å². The fraction of sp³-hybridized carbons (Fsp3) is 0.467. The first kappa shape index (κ1) is 39.8. The number of aromatic nitrogens is 2. The Kier molecular flexibility index (Phi) is 10.9. The monoisotopic (exact) mass is 817 g/mol. The van der Waals surface area contributed by atoms with Gasteiger partial charge in [0.05, 0.1) is 49.5 Å². The summed E-state index contributed by atoms with van der Waals surface area (Å²) in [5.74, 6) is 0.379. The number of piperazine rings is 1. The number of benzene rings is 2. The number of nitrogens with one attached hydrogen (secondary N) is 1. The third-order valence-electron chi connectivity index (χ3n) is 13.2. The molecular weight excluding hydrogens is 767 g/mol. The summed E-state index contributed by atoms with van der Waals surface area (Å²) in [5.41, 5.74) is 5.18. The highest BCUT2D eigenvalue weighted by atomic mass is 16.5. The smallest absolute Gasteiger partial charge is 0.262 e. The Hall–Kier alpha value is -5.64. The van der Waals surface area contributed by atoms with Gasteiger partial charge in [-0.2, -0.15) is 0 Å². The average molecular weight is 818 g/mol. The predicted molar refractivity (Wildman–Crippen MR) is 223 cm³/mol. The summed E-state index contributed by atoms with van der Waals surface area (Å²) < 4.78 is 19.0. The number of imide groups is 2. The zero-order valence-corrected chi connectivity index (χ0v) is 34.4. The van der Waals surface area contributed by atoms with Crippen molar-refractivity contribution in [3.63, 3.8) is 0 Å². The van der Waals surface area contributed by atoms with Gasteiger partial charge >= 0.3 is 0 Å². The van der Waals surface area contributed by atoms with E-state index in [1.54, 1.807) is 44.2 Å². The van der Waals surface area contributed by atoms with E-state index in [-0.39, 0.29) is 30.2 Å². The number of aryl methyl sites for hydroxylation is 1. The molecule has 60 heavy (non-hydrogen) atoms. The quantitative estimate of drug-likeness (QED) is 0.220. The summed E-state index contributed by atoms with van der Waals surface area (Å²) in [4.78, 5) is 76.7. The lowest BCUT2D eigenvalue weighted by molar-refractivity contribution is -0.136. The molecule has 5 aliphatic heterocycles. The minimum atomic E-state index is -0.968. The fourth-order valence-electron chi connectivity index (χ4n) is 9.43. The highest BCUT2D eigenvalue weighted by Gasteiger charge is 2.45. The van der Waals surface area contributed by atoms with Crippen molar-refractivity contribution in [2.45, 2.75) is 50.6 Å². The molecule has 314 valence electrons. The minimum Gasteiger partial charge on any atom is -0.496 e. The number of carbonyl (C=O) groups is 4. The molecule has 1 atom stereocenters. The van der Waals surface area contributed by atoms with Gasteiger partial charge in [-0.25, -0.2) is 0 Å². The van der Waals surface area contributed by atoms with Crippen LogP contribution in [0.25, 0.3) is 21.9 Å². The molecule has 1 unspecified atom stereocenters. The Morgan fingerprint density at radius 3 is 2.17 bits per heavy atom. The van der Waals surface area contributed by atoms with Crippen molar-refractivity contribution in [1.29, 1.82) is 0 Å². The van der Waals surface area contributed by atoms with Crippen LogP contribution in [-0.2, 0) is 27.9 Å². The standard InChI is InChI=1S/C45H51N7O8/c1-48-23-35(32-21-37(29-25-60-26-29)46-22-34(32)43(48)55)28-18-39(58-2)36(40(19-28)59-3)24-50-16-14-49(15-17-50)11-8-27-9-12-51(13-10-27)30-4-5-31-33(20-30)45(57)52(44(31)56)38-6-7-41(53)47-42(38)54/h4-5,18-23,27,29,38H,6-17,24-26H2,1-3H3,(H,47,53,54). The van der Waals surface area contributed by atoms with Crippen molar-refractivity contribution in [1.82, 2.24) is 29.6 Å². The van der Waals surface area contributed by atoms with Crippen molar-refractivity contribution in [3.8, 4) is 22.6 Å². The van der Waals surface area contributed by atoms with Crippen molar-refractivity contribution in [2.75, 3.05) is 78.1 Å². The number of piperidine rings is 2. The maximum absolute atomic E-state index is 13.4. The van der Waals surface area contributed by atoms with Crippen LogP contribution in [0.15, 0.2) is 53.6 Å². The van der Waals surface area contributed by atoms with Crippen LogP contribution in [0.1, 0.15) is 70.0 Å². The molecule has 15 nitrogen and oxygen atoms in total. The molecule has 2 aromatic heterocycles. The van der Waals surface area contributed by atoms with Gasteiger partial charge in [-0.05, 0) is 85.5 Å². The molecule has 5 aliphatic rings. The summed E-state index contributed by atoms with van der Waals surface area (Å²) in [5, 5.41) is 3.67. The molecule has 0 radical (unpaired) electrons. The fourth-order valence-corrected chi connectivity index (χ4v) is 9.43. The summed E-state index contributed by atoms with van der Waals surface area (Å²) in [6, 6.07) is 10.5. The van der Waals surface area contributed by atoms with Crippen LogP contribution in [-0.4, -0.2) is 127 Å². The van der Waals surface area contributed by atoms with E-state index >= 15 is 0 Å². The van der Waals surface area contributed by atoms with E-state index in [0.29, 0.717) is 42.2 Å². The molecule has 2 aromatic carbocycles. The highest BCUT2D eigenvalue weighted by Crippen LogP contribution is 2.39. The van der Waals surface area contributed by atoms with Crippen molar-refractivity contribution in [3.05, 3.63) is 81.5 Å². The van der Waals surface area contributed by atoms with E-state index in [9.17, 15) is 24.0 Å². The van der Waals surface area contributed by atoms with Gasteiger partial charge in [0.15, 0.2) is 0 Å². The zero-order chi connectivity index (χ0) is 41.7. The normalized spacial score (nSPS) is 20.8. The Labute approximate surface area is 348 Å². The second kappa shape index (κ2) is 16.4. The second-order valence-electron chi connectivity index (χ2n) is 16.7. The average Bonchev–Trinajstić information content (AvgIpc) is 3.49. The lowest BCUT2D eigenvalue weighted by Gasteiger charge is -2.37. The first-order valence-corrected chi connectivity index (χ1v) is 21.0. The molecule has 0 aliphatic carbocycles. The zero-order valence-electron chi connectivity index (χ0n) is 34.4. The topological polar surface area (TPSA) is 156 Å². The van der Waals surface area contributed by atoms with Crippen molar-refractivity contribution in [2.24, 2.45) is 13.0 Å². The van der Waals surface area contributed by atoms with E-state index < -0.39 is 23.8 Å². The number of nitrogens with zero attached hydrogens (tertiary/aromatic N) is 6. The summed E-state index contributed by atoms with van der Waals surface area (Å²) in [6.45, 7) is 8.56. The number of carbonyl (C=O) groups excluding carboxylic acids is 4. The number of anilines is 1.